The van der Waals surface area contributed by atoms with Crippen molar-refractivity contribution in [2.45, 2.75) is 59.2 Å². The molecule has 0 aliphatic heterocycles. The third kappa shape index (κ3) is 17.0. The van der Waals surface area contributed by atoms with E-state index in [4.69, 9.17) is 10.2 Å². The van der Waals surface area contributed by atoms with Crippen LogP contribution in [0.2, 0.25) is 0 Å². The van der Waals surface area contributed by atoms with Crippen molar-refractivity contribution in [3.63, 3.8) is 0 Å². The maximum absolute atomic E-state index is 8.60. The van der Waals surface area contributed by atoms with Crippen LogP contribution in [0.5, 0.6) is 0 Å². The third-order valence-corrected chi connectivity index (χ3v) is 2.23. The fourth-order valence-electron chi connectivity index (χ4n) is 1.19. The first-order chi connectivity index (χ1) is 6.99. The van der Waals surface area contributed by atoms with Crippen LogP contribution in [0.4, 0.5) is 0 Å². The minimum absolute atomic E-state index is 0. The van der Waals surface area contributed by atoms with Crippen molar-refractivity contribution in [3.8, 4) is 0 Å². The summed E-state index contributed by atoms with van der Waals surface area (Å²) >= 11 is 0. The number of methoxy groups -OCH3 is 1. The molecule has 0 radical (unpaired) electrons. The van der Waals surface area contributed by atoms with Gasteiger partial charge in [0, 0.05) is 34.1 Å². The average Bonchev–Trinajstić information content (AvgIpc) is 2.73. The van der Waals surface area contributed by atoms with Gasteiger partial charge in [-0.25, -0.2) is 0 Å². The van der Waals surface area contributed by atoms with Gasteiger partial charge in [0.25, 0.3) is 0 Å². The van der Waals surface area contributed by atoms with E-state index in [0.29, 0.717) is 12.5 Å². The Hall–Kier alpha value is 0.542. The summed E-state index contributed by atoms with van der Waals surface area (Å²) in [6.07, 6.45) is 5.20. The van der Waals surface area contributed by atoms with Crippen LogP contribution in [0.1, 0.15) is 53.4 Å². The number of hydrogen-bond acceptors (Lipinski definition) is 3. The van der Waals surface area contributed by atoms with E-state index < -0.39 is 5.79 Å². The first-order valence-corrected chi connectivity index (χ1v) is 5.88. The molecule has 1 rings (SSSR count). The Balaban J connectivity index is -0.000000175. The molecule has 0 aromatic carbocycles. The quantitative estimate of drug-likeness (QED) is 0.605. The molecule has 0 spiro atoms. The fourth-order valence-corrected chi connectivity index (χ4v) is 1.19. The Labute approximate surface area is 114 Å². The Bertz CT molecular complexity index is 118. The van der Waals surface area contributed by atoms with Crippen LogP contribution >= 0.6 is 0 Å². The molecular weight excluding hydrogens is 299 g/mol. The summed E-state index contributed by atoms with van der Waals surface area (Å²) in [5.74, 6) is -0.306. The monoisotopic (exact) mass is 326 g/mol. The van der Waals surface area contributed by atoms with E-state index in [1.54, 1.807) is 13.8 Å². The van der Waals surface area contributed by atoms with Crippen LogP contribution in [0.3, 0.4) is 0 Å². The predicted octanol–water partition coefficient (Wildman–Crippen LogP) is 2.55. The zero-order chi connectivity index (χ0) is 12.3. The molecule has 2 N–H and O–H groups in total. The van der Waals surface area contributed by atoms with Gasteiger partial charge in [-0.3, -0.25) is 0 Å². The van der Waals surface area contributed by atoms with Crippen LogP contribution in [-0.4, -0.2) is 29.7 Å². The van der Waals surface area contributed by atoms with Gasteiger partial charge < -0.3 is 14.9 Å². The topological polar surface area (TPSA) is 49.7 Å². The molecule has 1 saturated carbocycles. The van der Waals surface area contributed by atoms with E-state index in [1.807, 2.05) is 13.8 Å². The van der Waals surface area contributed by atoms with Gasteiger partial charge in [-0.05, 0) is 32.6 Å². The standard InChI is InChI=1S/C6H12O.C4H10O2.C2H6.Pd/c7-5-6-3-1-2-4-6;1-4(2,5)6-3;1-2;/h6-7H,1-5H2;5H,1-3H3;1-2H3;. The van der Waals surface area contributed by atoms with Gasteiger partial charge in [0.2, 0.25) is 0 Å². The maximum atomic E-state index is 8.60. The molecule has 1 aliphatic rings. The number of ether oxygens (including phenoxy) is 1. The number of rotatable bonds is 2. The van der Waals surface area contributed by atoms with Crippen molar-refractivity contribution in [3.05, 3.63) is 0 Å². The molecule has 0 bridgehead atoms. The molecule has 1 fully saturated rings. The molecule has 0 atom stereocenters. The summed E-state index contributed by atoms with van der Waals surface area (Å²) in [5.41, 5.74) is 0. The molecule has 3 nitrogen and oxygen atoms in total. The smallest absolute Gasteiger partial charge is 0.159 e. The van der Waals surface area contributed by atoms with Gasteiger partial charge >= 0.3 is 0 Å². The Morgan fingerprint density at radius 3 is 1.62 bits per heavy atom. The molecule has 4 heteroatoms. The summed E-state index contributed by atoms with van der Waals surface area (Å²) in [7, 11) is 1.46. The van der Waals surface area contributed by atoms with Crippen LogP contribution in [0, 0.1) is 5.92 Å². The summed E-state index contributed by atoms with van der Waals surface area (Å²) in [6, 6.07) is 0. The van der Waals surface area contributed by atoms with Crippen molar-refractivity contribution < 1.29 is 35.4 Å². The SMILES string of the molecule is CC.COC(C)(C)O.OCC1CCCC1.[Pd]. The second-order valence-corrected chi connectivity index (χ2v) is 3.98. The molecule has 16 heavy (non-hydrogen) atoms. The molecule has 0 saturated heterocycles. The molecular formula is C12H28O3Pd. The van der Waals surface area contributed by atoms with Gasteiger partial charge in [-0.15, -0.1) is 0 Å². The molecule has 104 valence electrons. The van der Waals surface area contributed by atoms with Gasteiger partial charge in [-0.2, -0.15) is 0 Å². The van der Waals surface area contributed by atoms with Crippen molar-refractivity contribution in [2.75, 3.05) is 13.7 Å². The second kappa shape index (κ2) is 13.6. The minimum Gasteiger partial charge on any atom is -0.396 e. The zero-order valence-corrected chi connectivity index (χ0v) is 12.8. The fraction of sp³-hybridized carbons (Fsp3) is 1.00. The molecule has 0 unspecified atom stereocenters. The number of aliphatic hydroxyl groups excluding tert-OH is 1. The van der Waals surface area contributed by atoms with Crippen LogP contribution in [-0.2, 0) is 25.2 Å². The molecule has 0 amide bonds. The van der Waals surface area contributed by atoms with Gasteiger partial charge in [-0.1, -0.05) is 26.7 Å². The van der Waals surface area contributed by atoms with Gasteiger partial charge in [0.1, 0.15) is 0 Å². The average molecular weight is 327 g/mol. The van der Waals surface area contributed by atoms with Crippen LogP contribution in [0.15, 0.2) is 0 Å². The molecule has 0 aromatic rings. The van der Waals surface area contributed by atoms with Crippen molar-refractivity contribution in [1.29, 1.82) is 0 Å². The molecule has 0 aromatic heterocycles. The first-order valence-electron chi connectivity index (χ1n) is 5.88. The Morgan fingerprint density at radius 2 is 1.50 bits per heavy atom. The van der Waals surface area contributed by atoms with E-state index in [9.17, 15) is 0 Å². The van der Waals surface area contributed by atoms with Gasteiger partial charge in [0.15, 0.2) is 5.79 Å². The van der Waals surface area contributed by atoms with Crippen LogP contribution < -0.4 is 0 Å². The summed E-state index contributed by atoms with van der Waals surface area (Å²) in [6.45, 7) is 7.57. The predicted molar refractivity (Wildman–Crippen MR) is 63.7 cm³/mol. The summed E-state index contributed by atoms with van der Waals surface area (Å²) in [4.78, 5) is 0. The second-order valence-electron chi connectivity index (χ2n) is 3.98. The number of aliphatic hydroxyl groups is 2. The van der Waals surface area contributed by atoms with Crippen molar-refractivity contribution in [2.24, 2.45) is 5.92 Å². The normalized spacial score (nSPS) is 15.2. The summed E-state index contributed by atoms with van der Waals surface area (Å²) < 4.78 is 4.49. The van der Waals surface area contributed by atoms with E-state index in [-0.39, 0.29) is 20.4 Å². The largest absolute Gasteiger partial charge is 0.396 e. The van der Waals surface area contributed by atoms with Crippen LogP contribution in [0.25, 0.3) is 0 Å². The third-order valence-electron chi connectivity index (χ3n) is 2.23. The first kappa shape index (κ1) is 21.8. The minimum atomic E-state index is -0.958. The zero-order valence-electron chi connectivity index (χ0n) is 11.2. The van der Waals surface area contributed by atoms with E-state index >= 15 is 0 Å². The number of hydrogen-bond donors (Lipinski definition) is 2. The van der Waals surface area contributed by atoms with E-state index in [0.717, 1.165) is 0 Å². The van der Waals surface area contributed by atoms with Crippen molar-refractivity contribution >= 4 is 0 Å². The maximum Gasteiger partial charge on any atom is 0.159 e. The van der Waals surface area contributed by atoms with Gasteiger partial charge in [0.05, 0.1) is 0 Å². The Kier molecular flexibility index (Phi) is 18.5. The molecule has 1 aliphatic carbocycles. The van der Waals surface area contributed by atoms with Crippen molar-refractivity contribution in [1.82, 2.24) is 0 Å². The molecule has 0 heterocycles. The van der Waals surface area contributed by atoms with E-state index in [1.165, 1.54) is 32.8 Å². The summed E-state index contributed by atoms with van der Waals surface area (Å²) in [5, 5.41) is 17.2. The van der Waals surface area contributed by atoms with E-state index in [2.05, 4.69) is 4.74 Å². The Morgan fingerprint density at radius 1 is 1.19 bits per heavy atom.